The Morgan fingerprint density at radius 1 is 1.14 bits per heavy atom. The molecule has 3 atom stereocenters. The van der Waals surface area contributed by atoms with Gasteiger partial charge in [-0.25, -0.2) is 0 Å². The number of amides is 1. The van der Waals surface area contributed by atoms with Crippen molar-refractivity contribution in [3.63, 3.8) is 0 Å². The molecule has 0 aromatic heterocycles. The highest BCUT2D eigenvalue weighted by Gasteiger charge is 2.34. The van der Waals surface area contributed by atoms with Crippen molar-refractivity contribution in [2.24, 2.45) is 11.8 Å². The molecule has 2 rings (SSSR count). The van der Waals surface area contributed by atoms with Gasteiger partial charge in [-0.05, 0) is 50.3 Å². The predicted octanol–water partition coefficient (Wildman–Crippen LogP) is 3.15. The second-order valence-corrected chi connectivity index (χ2v) is 6.07. The fraction of sp³-hybridized carbons (Fsp3) is 0.444. The normalized spacial score (nSPS) is 22.1. The SMILES string of the molecule is Cc1ccc([C@@H](C)NC(=O)[C@@H]2CC=CC[C@@H]2C(=O)O)cc1C. The molecule has 118 valence electrons. The quantitative estimate of drug-likeness (QED) is 0.840. The highest BCUT2D eigenvalue weighted by molar-refractivity contribution is 5.85. The second-order valence-electron chi connectivity index (χ2n) is 6.07. The third kappa shape index (κ3) is 3.56. The van der Waals surface area contributed by atoms with E-state index in [9.17, 15) is 14.7 Å². The van der Waals surface area contributed by atoms with Gasteiger partial charge in [0.05, 0.1) is 17.9 Å². The van der Waals surface area contributed by atoms with Crippen LogP contribution < -0.4 is 5.32 Å². The van der Waals surface area contributed by atoms with Crippen LogP contribution in [0.25, 0.3) is 0 Å². The molecule has 1 aromatic carbocycles. The minimum Gasteiger partial charge on any atom is -0.481 e. The molecule has 1 aliphatic carbocycles. The van der Waals surface area contributed by atoms with Crippen LogP contribution in [-0.2, 0) is 9.59 Å². The van der Waals surface area contributed by atoms with Crippen molar-refractivity contribution in [1.82, 2.24) is 5.32 Å². The van der Waals surface area contributed by atoms with Crippen LogP contribution in [0, 0.1) is 25.7 Å². The van der Waals surface area contributed by atoms with E-state index in [1.807, 2.05) is 45.1 Å². The van der Waals surface area contributed by atoms with Crippen molar-refractivity contribution in [3.05, 3.63) is 47.0 Å². The molecule has 1 aromatic rings. The number of carbonyl (C=O) groups is 2. The minimum atomic E-state index is -0.900. The molecule has 0 radical (unpaired) electrons. The first-order valence-corrected chi connectivity index (χ1v) is 7.65. The molecule has 0 heterocycles. The Labute approximate surface area is 131 Å². The maximum absolute atomic E-state index is 12.4. The van der Waals surface area contributed by atoms with E-state index in [0.29, 0.717) is 12.8 Å². The maximum Gasteiger partial charge on any atom is 0.307 e. The lowest BCUT2D eigenvalue weighted by atomic mass is 9.82. The Balaban J connectivity index is 2.08. The van der Waals surface area contributed by atoms with E-state index in [-0.39, 0.29) is 11.9 Å². The Morgan fingerprint density at radius 2 is 1.77 bits per heavy atom. The topological polar surface area (TPSA) is 66.4 Å². The zero-order valence-corrected chi connectivity index (χ0v) is 13.3. The number of hydrogen-bond acceptors (Lipinski definition) is 2. The molecule has 4 heteroatoms. The summed E-state index contributed by atoms with van der Waals surface area (Å²) in [5.41, 5.74) is 3.43. The van der Waals surface area contributed by atoms with Crippen LogP contribution in [0.4, 0.5) is 0 Å². The van der Waals surface area contributed by atoms with Crippen molar-refractivity contribution in [1.29, 1.82) is 0 Å². The third-order valence-electron chi connectivity index (χ3n) is 4.48. The van der Waals surface area contributed by atoms with Crippen LogP contribution in [0.5, 0.6) is 0 Å². The average molecular weight is 301 g/mol. The van der Waals surface area contributed by atoms with E-state index in [2.05, 4.69) is 11.4 Å². The molecule has 0 fully saturated rings. The average Bonchev–Trinajstić information content (AvgIpc) is 2.49. The minimum absolute atomic E-state index is 0.132. The fourth-order valence-corrected chi connectivity index (χ4v) is 2.81. The lowest BCUT2D eigenvalue weighted by Gasteiger charge is -2.26. The van der Waals surface area contributed by atoms with Crippen molar-refractivity contribution in [3.8, 4) is 0 Å². The van der Waals surface area contributed by atoms with Crippen molar-refractivity contribution in [2.75, 3.05) is 0 Å². The van der Waals surface area contributed by atoms with Gasteiger partial charge in [0.1, 0.15) is 0 Å². The molecule has 0 unspecified atom stereocenters. The van der Waals surface area contributed by atoms with Crippen molar-refractivity contribution < 1.29 is 14.7 Å². The Hall–Kier alpha value is -2.10. The zero-order valence-electron chi connectivity index (χ0n) is 13.3. The van der Waals surface area contributed by atoms with Crippen molar-refractivity contribution >= 4 is 11.9 Å². The molecule has 1 amide bonds. The number of nitrogens with one attached hydrogen (secondary N) is 1. The zero-order chi connectivity index (χ0) is 16.3. The van der Waals surface area contributed by atoms with Crippen molar-refractivity contribution in [2.45, 2.75) is 39.7 Å². The number of allylic oxidation sites excluding steroid dienone is 2. The van der Waals surface area contributed by atoms with Gasteiger partial charge in [0.15, 0.2) is 0 Å². The smallest absolute Gasteiger partial charge is 0.307 e. The molecule has 0 saturated heterocycles. The van der Waals surface area contributed by atoms with Crippen LogP contribution in [-0.4, -0.2) is 17.0 Å². The molecule has 4 nitrogen and oxygen atoms in total. The van der Waals surface area contributed by atoms with Gasteiger partial charge in [-0.15, -0.1) is 0 Å². The highest BCUT2D eigenvalue weighted by atomic mass is 16.4. The molecule has 1 aliphatic rings. The molecule has 0 saturated carbocycles. The molecule has 0 aliphatic heterocycles. The summed E-state index contributed by atoms with van der Waals surface area (Å²) in [6.45, 7) is 6.02. The van der Waals surface area contributed by atoms with Crippen LogP contribution >= 0.6 is 0 Å². The second kappa shape index (κ2) is 6.77. The van der Waals surface area contributed by atoms with E-state index < -0.39 is 17.8 Å². The third-order valence-corrected chi connectivity index (χ3v) is 4.48. The number of carbonyl (C=O) groups excluding carboxylic acids is 1. The first-order valence-electron chi connectivity index (χ1n) is 7.65. The van der Waals surface area contributed by atoms with Crippen LogP contribution in [0.1, 0.15) is 42.5 Å². The van der Waals surface area contributed by atoms with Gasteiger partial charge in [-0.3, -0.25) is 9.59 Å². The first kappa shape index (κ1) is 16.3. The van der Waals surface area contributed by atoms with Crippen LogP contribution in [0.3, 0.4) is 0 Å². The number of benzene rings is 1. The lowest BCUT2D eigenvalue weighted by Crippen LogP contribution is -2.39. The van der Waals surface area contributed by atoms with E-state index in [4.69, 9.17) is 0 Å². The molecular weight excluding hydrogens is 278 g/mol. The molecule has 0 spiro atoms. The van der Waals surface area contributed by atoms with Gasteiger partial charge in [0.2, 0.25) is 5.91 Å². The number of aryl methyl sites for hydroxylation is 2. The summed E-state index contributed by atoms with van der Waals surface area (Å²) >= 11 is 0. The molecular formula is C18H23NO3. The standard InChI is InChI=1S/C18H23NO3/c1-11-8-9-14(10-12(11)2)13(3)19-17(20)15-6-4-5-7-16(15)18(21)22/h4-5,8-10,13,15-16H,6-7H2,1-3H3,(H,19,20)(H,21,22)/t13-,15-,16+/m1/s1. The van der Waals surface area contributed by atoms with E-state index in [1.165, 1.54) is 11.1 Å². The Morgan fingerprint density at radius 3 is 2.36 bits per heavy atom. The summed E-state index contributed by atoms with van der Waals surface area (Å²) < 4.78 is 0. The molecule has 22 heavy (non-hydrogen) atoms. The Kier molecular flexibility index (Phi) is 5.01. The largest absolute Gasteiger partial charge is 0.481 e. The monoisotopic (exact) mass is 301 g/mol. The van der Waals surface area contributed by atoms with E-state index in [1.54, 1.807) is 0 Å². The fourth-order valence-electron chi connectivity index (χ4n) is 2.81. The summed E-state index contributed by atoms with van der Waals surface area (Å²) in [6, 6.07) is 5.97. The van der Waals surface area contributed by atoms with Gasteiger partial charge >= 0.3 is 5.97 Å². The van der Waals surface area contributed by atoms with E-state index in [0.717, 1.165) is 5.56 Å². The molecule has 2 N–H and O–H groups in total. The summed E-state index contributed by atoms with van der Waals surface area (Å²) in [5.74, 6) is -2.20. The van der Waals surface area contributed by atoms with E-state index >= 15 is 0 Å². The van der Waals surface area contributed by atoms with Gasteiger partial charge in [-0.1, -0.05) is 30.4 Å². The lowest BCUT2D eigenvalue weighted by molar-refractivity contribution is -0.147. The highest BCUT2D eigenvalue weighted by Crippen LogP contribution is 2.27. The molecule has 0 bridgehead atoms. The first-order chi connectivity index (χ1) is 10.4. The van der Waals surface area contributed by atoms with Crippen LogP contribution in [0.2, 0.25) is 0 Å². The number of carboxylic acids is 1. The van der Waals surface area contributed by atoms with Gasteiger partial charge < -0.3 is 10.4 Å². The number of carboxylic acid groups (broad SMARTS) is 1. The van der Waals surface area contributed by atoms with Crippen LogP contribution in [0.15, 0.2) is 30.4 Å². The predicted molar refractivity (Wildman–Crippen MR) is 85.5 cm³/mol. The van der Waals surface area contributed by atoms with Gasteiger partial charge in [0, 0.05) is 0 Å². The Bertz CT molecular complexity index is 606. The summed E-state index contributed by atoms with van der Waals surface area (Å²) in [6.07, 6.45) is 4.65. The summed E-state index contributed by atoms with van der Waals surface area (Å²) in [4.78, 5) is 23.7. The van der Waals surface area contributed by atoms with Gasteiger partial charge in [-0.2, -0.15) is 0 Å². The number of rotatable bonds is 4. The number of hydrogen-bond donors (Lipinski definition) is 2. The summed E-state index contributed by atoms with van der Waals surface area (Å²) in [7, 11) is 0. The number of aliphatic carboxylic acids is 1. The van der Waals surface area contributed by atoms with Gasteiger partial charge in [0.25, 0.3) is 0 Å². The summed E-state index contributed by atoms with van der Waals surface area (Å²) in [5, 5.41) is 12.2. The maximum atomic E-state index is 12.4.